The fourth-order valence-corrected chi connectivity index (χ4v) is 26.7. The van der Waals surface area contributed by atoms with Gasteiger partial charge in [0.25, 0.3) is 0 Å². The smallest absolute Gasteiger partial charge is 0.201 e. The molecule has 0 saturated heterocycles. The second kappa shape index (κ2) is 25.7. The van der Waals surface area contributed by atoms with Crippen LogP contribution in [0.4, 0.5) is 0 Å². The monoisotopic (exact) mass is 1510 g/mol. The number of nitrogens with zero attached hydrogens (tertiary/aromatic N) is 4. The van der Waals surface area contributed by atoms with Crippen LogP contribution in [0.5, 0.6) is 0 Å². The highest BCUT2D eigenvalue weighted by molar-refractivity contribution is 5.91. The maximum Gasteiger partial charge on any atom is 0.213 e. The van der Waals surface area contributed by atoms with Gasteiger partial charge in [0, 0.05) is 57.3 Å². The van der Waals surface area contributed by atoms with Gasteiger partial charge in [-0.05, 0) is 343 Å². The summed E-state index contributed by atoms with van der Waals surface area (Å²) in [6, 6.07) is 54.2. The summed E-state index contributed by atoms with van der Waals surface area (Å²) in [6.45, 7) is 35.3. The Bertz CT molecular complexity index is 6300. The second-order valence-electron chi connectivity index (χ2n) is 40.2. The summed E-state index contributed by atoms with van der Waals surface area (Å²) in [4.78, 5) is 0. The van der Waals surface area contributed by atoms with Gasteiger partial charge in [-0.25, -0.2) is 18.3 Å². The fourth-order valence-electron chi connectivity index (χ4n) is 26.7. The van der Waals surface area contributed by atoms with Crippen LogP contribution in [0.2, 0.25) is 0 Å². The average molecular weight is 1510 g/mol. The van der Waals surface area contributed by atoms with Crippen molar-refractivity contribution in [1.29, 1.82) is 0 Å². The molecule has 0 N–H and O–H groups in total. The Hall–Kier alpha value is -9.64. The average Bonchev–Trinajstić information content (AvgIpc) is 1.53. The highest BCUT2D eigenvalue weighted by atomic mass is 15.0. The van der Waals surface area contributed by atoms with Crippen molar-refractivity contribution in [3.63, 3.8) is 0 Å². The Balaban J connectivity index is 0.0000000961. The van der Waals surface area contributed by atoms with E-state index in [0.717, 1.165) is 49.4 Å². The summed E-state index contributed by atoms with van der Waals surface area (Å²) in [5, 5.41) is 0. The third kappa shape index (κ3) is 10.5. The lowest BCUT2D eigenvalue weighted by molar-refractivity contribution is -0.661. The lowest BCUT2D eigenvalue weighted by atomic mass is 9.69. The van der Waals surface area contributed by atoms with E-state index in [2.05, 4.69) is 315 Å². The number of pyridine rings is 4. The fraction of sp³-hybridized carbons (Fsp3) is 0.387. The van der Waals surface area contributed by atoms with Crippen molar-refractivity contribution in [2.45, 2.75) is 240 Å². The van der Waals surface area contributed by atoms with Crippen molar-refractivity contribution in [2.75, 3.05) is 0 Å². The zero-order valence-corrected chi connectivity index (χ0v) is 72.2. The van der Waals surface area contributed by atoms with Crippen LogP contribution in [0.15, 0.2) is 164 Å². The van der Waals surface area contributed by atoms with Crippen LogP contribution in [-0.4, -0.2) is 0 Å². The number of benzene rings is 8. The summed E-state index contributed by atoms with van der Waals surface area (Å²) >= 11 is 0. The van der Waals surface area contributed by atoms with E-state index in [4.69, 9.17) is 0 Å². The number of fused-ring (bicyclic) bond motifs is 32. The van der Waals surface area contributed by atoms with Gasteiger partial charge in [-0.15, -0.1) is 0 Å². The standard InChI is InChI=1S/2C29H32N.C27H28N.C26H26N/c1-17-7-9-19-14-22-20(21(19)13-17)10-8-18(2)27(22)26-15-23-24-11-12-29(5,28(24,3)4)25(23)16-30(26)6;1-17-13-18(2)27(22-14-19-9-7-8-10-20(19)26(17)22)25-15-21-23-11-12-29(5,28(23,3)4)24(21)16-30(25)6;1-15-5-6-20-12-23-26(22(20)9-15)16(2)10-17(3)27(23)25-13-21-18-7-8-19(11-18)24(21)14-28(25)4;1-15-4-6-19-12-23-20(21(19)10-15)9-5-16(2)26(23)25-13-22-17-7-8-18(11-17)24(22)14-27(25)3/h7-10,13,15-16,24H,11-12,14H2,1-6H3;7-10,13,15-16,23H,11-12,14H2,1-6H3;5-6,9-10,13-14,18-19H,7-8,11-12H2,1-4H3;4-6,9-10,13-14,17-18H,7-8,11-12H2,1-3H3/q4*+1. The van der Waals surface area contributed by atoms with E-state index in [1.165, 1.54) is 248 Å². The molecule has 115 heavy (non-hydrogen) atoms. The Morgan fingerprint density at radius 2 is 0.617 bits per heavy atom. The van der Waals surface area contributed by atoms with Crippen LogP contribution < -0.4 is 18.3 Å². The molecule has 578 valence electrons. The van der Waals surface area contributed by atoms with Gasteiger partial charge in [-0.1, -0.05) is 173 Å². The van der Waals surface area contributed by atoms with Gasteiger partial charge >= 0.3 is 0 Å². The van der Waals surface area contributed by atoms with E-state index >= 15 is 0 Å². The molecule has 8 unspecified atom stereocenters. The normalized spacial score (nSPS) is 23.0. The number of aromatic nitrogens is 4. The molecule has 4 heteroatoms. The largest absolute Gasteiger partial charge is 0.213 e. The van der Waals surface area contributed by atoms with Gasteiger partial charge in [0.2, 0.25) is 22.8 Å². The first-order valence-electron chi connectivity index (χ1n) is 44.1. The highest BCUT2D eigenvalue weighted by Gasteiger charge is 2.62. The molecule has 0 radical (unpaired) electrons. The number of rotatable bonds is 4. The van der Waals surface area contributed by atoms with Crippen molar-refractivity contribution in [3.05, 3.63) is 303 Å². The zero-order chi connectivity index (χ0) is 79.4. The minimum absolute atomic E-state index is 0.309. The first-order valence-corrected chi connectivity index (χ1v) is 44.1. The molecule has 4 fully saturated rings. The van der Waals surface area contributed by atoms with Crippen LogP contribution >= 0.6 is 0 Å². The molecular formula is C111H118N4+4. The summed E-state index contributed by atoms with van der Waals surface area (Å²) in [6.07, 6.45) is 27.7. The van der Waals surface area contributed by atoms with E-state index in [1.54, 1.807) is 44.5 Å². The van der Waals surface area contributed by atoms with Crippen LogP contribution in [0, 0.1) is 73.1 Å². The van der Waals surface area contributed by atoms with Crippen LogP contribution in [-0.2, 0) is 64.7 Å². The van der Waals surface area contributed by atoms with Crippen LogP contribution in [0.3, 0.4) is 0 Å². The molecule has 4 saturated carbocycles. The van der Waals surface area contributed by atoms with Gasteiger partial charge in [0.1, 0.15) is 28.2 Å². The summed E-state index contributed by atoms with van der Waals surface area (Å²) < 4.78 is 9.64. The predicted molar refractivity (Wildman–Crippen MR) is 473 cm³/mol. The minimum atomic E-state index is 0.309. The lowest BCUT2D eigenvalue weighted by Crippen LogP contribution is -2.36. The molecule has 12 aliphatic rings. The minimum Gasteiger partial charge on any atom is -0.201 e. The molecular weight excluding hydrogens is 1390 g/mol. The molecule has 0 spiro atoms. The molecule has 4 nitrogen and oxygen atoms in total. The molecule has 0 amide bonds. The number of hydrogen-bond acceptors (Lipinski definition) is 0. The van der Waals surface area contributed by atoms with Gasteiger partial charge in [-0.3, -0.25) is 0 Å². The summed E-state index contributed by atoms with van der Waals surface area (Å²) in [5.41, 5.74) is 61.8. The topological polar surface area (TPSA) is 15.5 Å². The molecule has 24 rings (SSSR count). The van der Waals surface area contributed by atoms with Gasteiger partial charge in [-0.2, -0.15) is 0 Å². The predicted octanol–water partition coefficient (Wildman–Crippen LogP) is 24.9. The Morgan fingerprint density at radius 3 is 1.05 bits per heavy atom. The third-order valence-corrected chi connectivity index (χ3v) is 33.4. The molecule has 12 aromatic rings. The molecule has 4 aromatic heterocycles. The maximum atomic E-state index is 2.56. The maximum absolute atomic E-state index is 2.56. The number of aryl methyl sites for hydroxylation is 13. The number of hydrogen-bond donors (Lipinski definition) is 0. The Labute approximate surface area is 685 Å². The third-order valence-electron chi connectivity index (χ3n) is 33.4. The zero-order valence-electron chi connectivity index (χ0n) is 72.2. The molecule has 8 aromatic carbocycles. The van der Waals surface area contributed by atoms with Gasteiger partial charge < -0.3 is 0 Å². The molecule has 12 aliphatic carbocycles. The SMILES string of the molecule is Cc1cc(C)c(-c2cc3c(c[n+]2C)C2(C)CCC3C2(C)C)c2c1-c1ccccc1C2.Cc1ccc2c(c1)-c1c(C)cc(C)c(-c3cc4c(c[n+]3C)C3CCC4C3)c1C2.Cc1ccc2c(c1)-c1ccc(C)c(-c3cc4c(c[n+]3C)C3(C)CCC4C3(C)C)c1C2.Cc1ccc2c(c1)-c1ccc(C)c(-c3cc4c(c[n+]3C)C3CCC4C3)c1C2. The van der Waals surface area contributed by atoms with Gasteiger partial charge in [0.05, 0.1) is 22.3 Å². The molecule has 8 atom stereocenters. The van der Waals surface area contributed by atoms with Crippen molar-refractivity contribution in [1.82, 2.24) is 0 Å². The van der Waals surface area contributed by atoms with Crippen LogP contribution in [0.1, 0.15) is 280 Å². The van der Waals surface area contributed by atoms with Gasteiger partial charge in [0.15, 0.2) is 24.8 Å². The van der Waals surface area contributed by atoms with E-state index in [0.29, 0.717) is 33.5 Å². The molecule has 8 bridgehead atoms. The molecule has 0 aliphatic heterocycles. The second-order valence-corrected chi connectivity index (χ2v) is 40.2. The van der Waals surface area contributed by atoms with Crippen molar-refractivity contribution in [2.24, 2.45) is 39.0 Å². The first kappa shape index (κ1) is 73.0. The van der Waals surface area contributed by atoms with Crippen molar-refractivity contribution in [3.8, 4) is 89.5 Å². The van der Waals surface area contributed by atoms with E-state index in [9.17, 15) is 0 Å². The quantitative estimate of drug-likeness (QED) is 0.156. The molecule has 4 heterocycles. The summed E-state index contributed by atoms with van der Waals surface area (Å²) in [5.74, 6) is 4.63. The highest BCUT2D eigenvalue weighted by Crippen LogP contribution is 2.70. The Kier molecular flexibility index (Phi) is 16.3. The van der Waals surface area contributed by atoms with E-state index < -0.39 is 0 Å². The van der Waals surface area contributed by atoms with Crippen molar-refractivity contribution < 1.29 is 18.3 Å². The van der Waals surface area contributed by atoms with E-state index in [1.807, 2.05) is 0 Å². The lowest BCUT2D eigenvalue weighted by Gasteiger charge is -2.34. The Morgan fingerprint density at radius 1 is 0.278 bits per heavy atom. The van der Waals surface area contributed by atoms with Crippen molar-refractivity contribution >= 4 is 0 Å². The first-order chi connectivity index (χ1) is 55.1. The summed E-state index contributed by atoms with van der Waals surface area (Å²) in [7, 11) is 9.00. The van der Waals surface area contributed by atoms with Crippen LogP contribution in [0.25, 0.3) is 89.5 Å². The van der Waals surface area contributed by atoms with E-state index in [-0.39, 0.29) is 0 Å².